The van der Waals surface area contributed by atoms with Gasteiger partial charge in [-0.3, -0.25) is 0 Å². The minimum absolute atomic E-state index is 0.214. The Bertz CT molecular complexity index is 878. The minimum atomic E-state index is 0.214. The van der Waals surface area contributed by atoms with Crippen LogP contribution < -0.4 is 4.90 Å². The number of phenolic OH excluding ortho intramolecular Hbond substituents is 1. The van der Waals surface area contributed by atoms with Crippen LogP contribution >= 0.6 is 0 Å². The predicted octanol–water partition coefficient (Wildman–Crippen LogP) is 4.24. The van der Waals surface area contributed by atoms with E-state index >= 15 is 0 Å². The van der Waals surface area contributed by atoms with Crippen molar-refractivity contribution in [2.45, 2.75) is 19.8 Å². The fraction of sp³-hybridized carbons (Fsp3) is 0.300. The van der Waals surface area contributed by atoms with Crippen molar-refractivity contribution >= 4 is 16.7 Å². The Morgan fingerprint density at radius 2 is 1.83 bits per heavy atom. The van der Waals surface area contributed by atoms with E-state index in [0.717, 1.165) is 29.8 Å². The van der Waals surface area contributed by atoms with Gasteiger partial charge in [-0.25, -0.2) is 9.97 Å². The van der Waals surface area contributed by atoms with E-state index in [1.807, 2.05) is 36.4 Å². The van der Waals surface area contributed by atoms with Crippen LogP contribution in [0.5, 0.6) is 5.75 Å². The average Bonchev–Trinajstić information content (AvgIpc) is 2.61. The van der Waals surface area contributed by atoms with Gasteiger partial charge in [-0.2, -0.15) is 0 Å². The largest absolute Gasteiger partial charge is 0.507 e. The minimum Gasteiger partial charge on any atom is -0.507 e. The Balaban J connectivity index is 1.90. The SMILES string of the molecule is CC1CCCN(c2nc(-c3ccccc3O)nc3ccccc23)C1. The molecule has 122 valence electrons. The Morgan fingerprint density at radius 1 is 1.04 bits per heavy atom. The molecule has 4 nitrogen and oxygen atoms in total. The Morgan fingerprint density at radius 3 is 2.67 bits per heavy atom. The highest BCUT2D eigenvalue weighted by molar-refractivity contribution is 5.91. The van der Waals surface area contributed by atoms with Crippen molar-refractivity contribution in [1.82, 2.24) is 9.97 Å². The number of rotatable bonds is 2. The molecule has 0 bridgehead atoms. The van der Waals surface area contributed by atoms with Gasteiger partial charge >= 0.3 is 0 Å². The van der Waals surface area contributed by atoms with E-state index in [0.29, 0.717) is 17.3 Å². The van der Waals surface area contributed by atoms with E-state index < -0.39 is 0 Å². The van der Waals surface area contributed by atoms with Gasteiger partial charge in [0.15, 0.2) is 5.82 Å². The lowest BCUT2D eigenvalue weighted by atomic mass is 10.00. The van der Waals surface area contributed by atoms with Gasteiger partial charge in [-0.15, -0.1) is 0 Å². The Hall–Kier alpha value is -2.62. The zero-order valence-corrected chi connectivity index (χ0v) is 13.8. The molecule has 1 saturated heterocycles. The highest BCUT2D eigenvalue weighted by Gasteiger charge is 2.21. The second kappa shape index (κ2) is 6.11. The van der Waals surface area contributed by atoms with E-state index in [4.69, 9.17) is 4.98 Å². The highest BCUT2D eigenvalue weighted by Crippen LogP contribution is 2.32. The van der Waals surface area contributed by atoms with E-state index in [2.05, 4.69) is 22.9 Å². The van der Waals surface area contributed by atoms with Gasteiger partial charge in [0.25, 0.3) is 0 Å². The normalized spacial score (nSPS) is 18.0. The molecule has 0 radical (unpaired) electrons. The van der Waals surface area contributed by atoms with E-state index in [-0.39, 0.29) is 5.75 Å². The van der Waals surface area contributed by atoms with Crippen molar-refractivity contribution in [2.24, 2.45) is 5.92 Å². The lowest BCUT2D eigenvalue weighted by Gasteiger charge is -2.32. The summed E-state index contributed by atoms with van der Waals surface area (Å²) in [6, 6.07) is 15.4. The summed E-state index contributed by atoms with van der Waals surface area (Å²) >= 11 is 0. The number of hydrogen-bond acceptors (Lipinski definition) is 4. The maximum Gasteiger partial charge on any atom is 0.165 e. The number of aromatic nitrogens is 2. The third-order valence-corrected chi connectivity index (χ3v) is 4.68. The maximum atomic E-state index is 10.2. The summed E-state index contributed by atoms with van der Waals surface area (Å²) in [6.45, 7) is 4.33. The highest BCUT2D eigenvalue weighted by atomic mass is 16.3. The summed E-state index contributed by atoms with van der Waals surface area (Å²) in [4.78, 5) is 11.9. The first-order valence-electron chi connectivity index (χ1n) is 8.52. The number of nitrogens with zero attached hydrogens (tertiary/aromatic N) is 3. The third-order valence-electron chi connectivity index (χ3n) is 4.68. The molecule has 0 aliphatic carbocycles. The van der Waals surface area contributed by atoms with Crippen molar-refractivity contribution < 1.29 is 5.11 Å². The molecule has 1 N–H and O–H groups in total. The van der Waals surface area contributed by atoms with Gasteiger partial charge in [0, 0.05) is 18.5 Å². The standard InChI is InChI=1S/C20H21N3O/c1-14-7-6-12-23(13-14)20-15-8-2-4-10-17(15)21-19(22-20)16-9-3-5-11-18(16)24/h2-5,8-11,14,24H,6-7,12-13H2,1H3. The summed E-state index contributed by atoms with van der Waals surface area (Å²) in [5.41, 5.74) is 1.59. The Kier molecular flexibility index (Phi) is 3.81. The molecule has 2 aromatic carbocycles. The molecule has 4 heteroatoms. The van der Waals surface area contributed by atoms with Gasteiger partial charge in [-0.05, 0) is 43.0 Å². The van der Waals surface area contributed by atoms with E-state index in [1.165, 1.54) is 12.8 Å². The van der Waals surface area contributed by atoms with Gasteiger partial charge in [0.05, 0.1) is 11.1 Å². The second-order valence-electron chi connectivity index (χ2n) is 6.60. The predicted molar refractivity (Wildman–Crippen MR) is 97.2 cm³/mol. The Labute approximate surface area is 141 Å². The first-order valence-corrected chi connectivity index (χ1v) is 8.52. The number of hydrogen-bond donors (Lipinski definition) is 1. The van der Waals surface area contributed by atoms with Gasteiger partial charge in [0.2, 0.25) is 0 Å². The molecule has 4 rings (SSSR count). The van der Waals surface area contributed by atoms with Crippen molar-refractivity contribution in [1.29, 1.82) is 0 Å². The molecule has 0 spiro atoms. The molecule has 1 aliphatic rings. The molecule has 0 saturated carbocycles. The smallest absolute Gasteiger partial charge is 0.165 e. The third kappa shape index (κ3) is 2.68. The van der Waals surface area contributed by atoms with Crippen LogP contribution in [0.1, 0.15) is 19.8 Å². The van der Waals surface area contributed by atoms with Crippen molar-refractivity contribution in [3.63, 3.8) is 0 Å². The van der Waals surface area contributed by atoms with Crippen LogP contribution in [0, 0.1) is 5.92 Å². The fourth-order valence-corrected chi connectivity index (χ4v) is 3.47. The monoisotopic (exact) mass is 319 g/mol. The zero-order valence-electron chi connectivity index (χ0n) is 13.8. The summed E-state index contributed by atoms with van der Waals surface area (Å²) in [6.07, 6.45) is 2.46. The van der Waals surface area contributed by atoms with Crippen LogP contribution in [0.3, 0.4) is 0 Å². The summed E-state index contributed by atoms with van der Waals surface area (Å²) < 4.78 is 0. The van der Waals surface area contributed by atoms with Crippen LogP contribution in [-0.4, -0.2) is 28.2 Å². The summed E-state index contributed by atoms with van der Waals surface area (Å²) in [5.74, 6) is 2.44. The number of anilines is 1. The molecule has 1 fully saturated rings. The lowest BCUT2D eigenvalue weighted by Crippen LogP contribution is -2.35. The molecular formula is C20H21N3O. The topological polar surface area (TPSA) is 49.2 Å². The summed E-state index contributed by atoms with van der Waals surface area (Å²) in [5, 5.41) is 11.3. The second-order valence-corrected chi connectivity index (χ2v) is 6.60. The quantitative estimate of drug-likeness (QED) is 0.767. The molecule has 24 heavy (non-hydrogen) atoms. The average molecular weight is 319 g/mol. The molecule has 2 heterocycles. The zero-order chi connectivity index (χ0) is 16.5. The van der Waals surface area contributed by atoms with E-state index in [9.17, 15) is 5.11 Å². The number of aromatic hydroxyl groups is 1. The maximum absolute atomic E-state index is 10.2. The molecule has 0 amide bonds. The van der Waals surface area contributed by atoms with Crippen molar-refractivity contribution in [3.05, 3.63) is 48.5 Å². The number of benzene rings is 2. The lowest BCUT2D eigenvalue weighted by molar-refractivity contribution is 0.445. The van der Waals surface area contributed by atoms with Gasteiger partial charge in [0.1, 0.15) is 11.6 Å². The molecule has 1 atom stereocenters. The van der Waals surface area contributed by atoms with Crippen LogP contribution in [0.2, 0.25) is 0 Å². The first kappa shape index (κ1) is 14.9. The van der Waals surface area contributed by atoms with E-state index in [1.54, 1.807) is 6.07 Å². The first-order chi connectivity index (χ1) is 11.7. The molecule has 1 aliphatic heterocycles. The van der Waals surface area contributed by atoms with Crippen molar-refractivity contribution in [2.75, 3.05) is 18.0 Å². The number of phenols is 1. The molecular weight excluding hydrogens is 298 g/mol. The summed E-state index contributed by atoms with van der Waals surface area (Å²) in [7, 11) is 0. The number of fused-ring (bicyclic) bond motifs is 1. The molecule has 1 unspecified atom stereocenters. The van der Waals surface area contributed by atoms with Crippen LogP contribution in [0.25, 0.3) is 22.3 Å². The molecule has 1 aromatic heterocycles. The molecule has 3 aromatic rings. The van der Waals surface area contributed by atoms with Gasteiger partial charge in [-0.1, -0.05) is 31.2 Å². The fourth-order valence-electron chi connectivity index (χ4n) is 3.47. The van der Waals surface area contributed by atoms with Crippen LogP contribution in [0.15, 0.2) is 48.5 Å². The number of para-hydroxylation sites is 2. The van der Waals surface area contributed by atoms with Crippen molar-refractivity contribution in [3.8, 4) is 17.1 Å². The number of piperidine rings is 1. The van der Waals surface area contributed by atoms with Gasteiger partial charge < -0.3 is 10.0 Å². The van der Waals surface area contributed by atoms with Crippen LogP contribution in [-0.2, 0) is 0 Å². The van der Waals surface area contributed by atoms with Crippen LogP contribution in [0.4, 0.5) is 5.82 Å².